The third kappa shape index (κ3) is 6.05. The predicted molar refractivity (Wildman–Crippen MR) is 135 cm³/mol. The van der Waals surface area contributed by atoms with Crippen molar-refractivity contribution in [1.29, 1.82) is 0 Å². The Morgan fingerprint density at radius 2 is 1.32 bits per heavy atom. The Kier molecular flexibility index (Phi) is 7.62. The van der Waals surface area contributed by atoms with E-state index < -0.39 is 0 Å². The van der Waals surface area contributed by atoms with Gasteiger partial charge in [-0.1, -0.05) is 85.4 Å². The second-order valence-electron chi connectivity index (χ2n) is 7.34. The molecule has 0 saturated heterocycles. The van der Waals surface area contributed by atoms with Crippen molar-refractivity contribution in [1.82, 2.24) is 15.2 Å². The lowest BCUT2D eigenvalue weighted by Gasteiger charge is -2.10. The molecule has 1 heterocycles. The zero-order valence-corrected chi connectivity index (χ0v) is 19.4. The Hall–Kier alpha value is -4.04. The molecule has 0 spiro atoms. The molecular weight excluding hydrogens is 446 g/mol. The number of thioether (sulfide) groups is 1. The molecule has 2 N–H and O–H groups in total. The van der Waals surface area contributed by atoms with Gasteiger partial charge in [-0.05, 0) is 18.2 Å². The van der Waals surface area contributed by atoms with E-state index >= 15 is 0 Å². The first-order valence-corrected chi connectivity index (χ1v) is 11.8. The van der Waals surface area contributed by atoms with Crippen LogP contribution in [0.15, 0.2) is 90.1 Å². The van der Waals surface area contributed by atoms with Crippen LogP contribution in [-0.4, -0.2) is 32.7 Å². The number of nitrogens with one attached hydrogen (secondary N) is 2. The minimum Gasteiger partial charge on any atom is -0.326 e. The Morgan fingerprint density at radius 3 is 1.94 bits per heavy atom. The summed E-state index contributed by atoms with van der Waals surface area (Å²) in [6, 6.07) is 26.6. The van der Waals surface area contributed by atoms with Crippen molar-refractivity contribution in [2.75, 3.05) is 16.4 Å². The van der Waals surface area contributed by atoms with Crippen molar-refractivity contribution >= 4 is 35.0 Å². The number of amides is 2. The summed E-state index contributed by atoms with van der Waals surface area (Å²) in [5.41, 5.74) is 4.48. The molecule has 0 unspecified atom stereocenters. The zero-order chi connectivity index (χ0) is 23.8. The highest BCUT2D eigenvalue weighted by Crippen LogP contribution is 2.29. The minimum atomic E-state index is -0.207. The molecule has 1 aromatic heterocycles. The molecule has 0 aliphatic rings. The van der Waals surface area contributed by atoms with Gasteiger partial charge in [0.2, 0.25) is 17.0 Å². The van der Waals surface area contributed by atoms with E-state index in [1.165, 1.54) is 11.8 Å². The maximum atomic E-state index is 12.5. The average Bonchev–Trinajstić information content (AvgIpc) is 2.88. The highest BCUT2D eigenvalue weighted by Gasteiger charge is 2.15. The van der Waals surface area contributed by atoms with Crippen LogP contribution in [0.2, 0.25) is 0 Å². The number of hydrogen-bond donors (Lipinski definition) is 2. The maximum absolute atomic E-state index is 12.5. The summed E-state index contributed by atoms with van der Waals surface area (Å²) in [4.78, 5) is 28.8. The van der Waals surface area contributed by atoms with E-state index in [0.29, 0.717) is 34.3 Å². The van der Waals surface area contributed by atoms with Gasteiger partial charge in [0.15, 0.2) is 0 Å². The van der Waals surface area contributed by atoms with E-state index in [2.05, 4.69) is 20.8 Å². The second-order valence-corrected chi connectivity index (χ2v) is 8.29. The SMILES string of the molecule is CCC(=O)Nc1cccc(NC(=O)CSc2nnc(-c3ccccc3)c(-c3ccccc3)n2)c1. The first-order valence-electron chi connectivity index (χ1n) is 10.8. The number of carbonyl (C=O) groups excluding carboxylic acids is 2. The molecule has 4 rings (SSSR count). The number of nitrogens with zero attached hydrogens (tertiary/aromatic N) is 3. The zero-order valence-electron chi connectivity index (χ0n) is 18.6. The molecule has 0 fully saturated rings. The van der Waals surface area contributed by atoms with Crippen molar-refractivity contribution in [3.8, 4) is 22.5 Å². The van der Waals surface area contributed by atoms with Gasteiger partial charge in [0.1, 0.15) is 11.4 Å². The average molecular weight is 470 g/mol. The lowest BCUT2D eigenvalue weighted by Crippen LogP contribution is -2.15. The normalized spacial score (nSPS) is 10.5. The first kappa shape index (κ1) is 23.1. The topological polar surface area (TPSA) is 96.9 Å². The van der Waals surface area contributed by atoms with Gasteiger partial charge in [0.05, 0.1) is 5.75 Å². The van der Waals surface area contributed by atoms with Gasteiger partial charge >= 0.3 is 0 Å². The molecule has 34 heavy (non-hydrogen) atoms. The van der Waals surface area contributed by atoms with Crippen LogP contribution in [0, 0.1) is 0 Å². The van der Waals surface area contributed by atoms with Crippen LogP contribution in [-0.2, 0) is 9.59 Å². The van der Waals surface area contributed by atoms with Crippen LogP contribution in [0.1, 0.15) is 13.3 Å². The summed E-state index contributed by atoms with van der Waals surface area (Å²) >= 11 is 1.21. The number of rotatable bonds is 8. The van der Waals surface area contributed by atoms with Crippen LogP contribution in [0.25, 0.3) is 22.5 Å². The third-order valence-electron chi connectivity index (χ3n) is 4.85. The Labute approximate surface area is 202 Å². The summed E-state index contributed by atoms with van der Waals surface area (Å²) in [6.45, 7) is 1.78. The van der Waals surface area contributed by atoms with Gasteiger partial charge in [0.25, 0.3) is 0 Å². The van der Waals surface area contributed by atoms with Crippen LogP contribution in [0.5, 0.6) is 0 Å². The van der Waals surface area contributed by atoms with Crippen molar-refractivity contribution in [3.05, 3.63) is 84.9 Å². The van der Waals surface area contributed by atoms with Crippen LogP contribution in [0.3, 0.4) is 0 Å². The molecule has 0 aliphatic carbocycles. The summed E-state index contributed by atoms with van der Waals surface area (Å²) < 4.78 is 0. The van der Waals surface area contributed by atoms with E-state index in [4.69, 9.17) is 4.98 Å². The number of carbonyl (C=O) groups is 2. The molecule has 0 saturated carbocycles. The van der Waals surface area contributed by atoms with E-state index in [-0.39, 0.29) is 17.6 Å². The van der Waals surface area contributed by atoms with Crippen molar-refractivity contribution in [2.45, 2.75) is 18.5 Å². The molecular formula is C26H23N5O2S. The molecule has 0 radical (unpaired) electrons. The molecule has 0 bridgehead atoms. The van der Waals surface area contributed by atoms with Crippen LogP contribution < -0.4 is 10.6 Å². The summed E-state index contributed by atoms with van der Waals surface area (Å²) in [5.74, 6) is -0.176. The van der Waals surface area contributed by atoms with Gasteiger partial charge in [0, 0.05) is 28.9 Å². The van der Waals surface area contributed by atoms with E-state index in [9.17, 15) is 9.59 Å². The molecule has 4 aromatic rings. The van der Waals surface area contributed by atoms with Crippen LogP contribution in [0.4, 0.5) is 11.4 Å². The number of hydrogen-bond acceptors (Lipinski definition) is 6. The lowest BCUT2D eigenvalue weighted by molar-refractivity contribution is -0.116. The quantitative estimate of drug-likeness (QED) is 0.341. The predicted octanol–water partition coefficient (Wildman–Crippen LogP) is 5.28. The Morgan fingerprint density at radius 1 is 0.735 bits per heavy atom. The smallest absolute Gasteiger partial charge is 0.234 e. The Balaban J connectivity index is 1.48. The third-order valence-corrected chi connectivity index (χ3v) is 5.68. The largest absolute Gasteiger partial charge is 0.326 e. The molecule has 3 aromatic carbocycles. The maximum Gasteiger partial charge on any atom is 0.234 e. The van der Waals surface area contributed by atoms with Gasteiger partial charge in [-0.3, -0.25) is 9.59 Å². The fourth-order valence-corrected chi connectivity index (χ4v) is 3.80. The standard InChI is InChI=1S/C26H23N5O2S/c1-2-22(32)27-20-14-9-15-21(16-20)28-23(33)17-34-26-29-24(18-10-5-3-6-11-18)25(30-31-26)19-12-7-4-8-13-19/h3-16H,2,17H2,1H3,(H,27,32)(H,28,33). The number of benzene rings is 3. The van der Waals surface area contributed by atoms with Gasteiger partial charge in [-0.15, -0.1) is 10.2 Å². The van der Waals surface area contributed by atoms with Crippen LogP contribution >= 0.6 is 11.8 Å². The van der Waals surface area contributed by atoms with Crippen molar-refractivity contribution < 1.29 is 9.59 Å². The summed E-state index contributed by atoms with van der Waals surface area (Å²) in [7, 11) is 0. The van der Waals surface area contributed by atoms with Gasteiger partial charge in [-0.2, -0.15) is 0 Å². The van der Waals surface area contributed by atoms with Gasteiger partial charge in [-0.25, -0.2) is 4.98 Å². The highest BCUT2D eigenvalue weighted by molar-refractivity contribution is 7.99. The van der Waals surface area contributed by atoms with E-state index in [1.54, 1.807) is 31.2 Å². The Bertz CT molecular complexity index is 1280. The van der Waals surface area contributed by atoms with E-state index in [1.807, 2.05) is 60.7 Å². The lowest BCUT2D eigenvalue weighted by atomic mass is 10.0. The van der Waals surface area contributed by atoms with Gasteiger partial charge < -0.3 is 10.6 Å². The second kappa shape index (κ2) is 11.2. The number of anilines is 2. The molecule has 0 atom stereocenters. The van der Waals surface area contributed by atoms with Crippen molar-refractivity contribution in [2.24, 2.45) is 0 Å². The van der Waals surface area contributed by atoms with Crippen molar-refractivity contribution in [3.63, 3.8) is 0 Å². The monoisotopic (exact) mass is 469 g/mol. The fourth-order valence-electron chi connectivity index (χ4n) is 3.21. The molecule has 170 valence electrons. The fraction of sp³-hybridized carbons (Fsp3) is 0.115. The molecule has 7 nitrogen and oxygen atoms in total. The molecule has 2 amide bonds. The first-order chi connectivity index (χ1) is 16.6. The molecule has 0 aliphatic heterocycles. The number of aromatic nitrogens is 3. The van der Waals surface area contributed by atoms with E-state index in [0.717, 1.165) is 11.1 Å². The highest BCUT2D eigenvalue weighted by atomic mass is 32.2. The summed E-state index contributed by atoms with van der Waals surface area (Å²) in [6.07, 6.45) is 0.384. The summed E-state index contributed by atoms with van der Waals surface area (Å²) in [5, 5.41) is 14.7. The minimum absolute atomic E-state index is 0.0862. The molecule has 8 heteroatoms.